The predicted molar refractivity (Wildman–Crippen MR) is 60.1 cm³/mol. The number of carboxylic acid groups (broad SMARTS) is 1. The van der Waals surface area contributed by atoms with Gasteiger partial charge >= 0.3 is 11.7 Å². The summed E-state index contributed by atoms with van der Waals surface area (Å²) in [7, 11) is 0. The molecule has 0 saturated carbocycles. The average molecular weight is 253 g/mol. The summed E-state index contributed by atoms with van der Waals surface area (Å²) >= 11 is 0. The van der Waals surface area contributed by atoms with Crippen LogP contribution >= 0.6 is 0 Å². The minimum absolute atomic E-state index is 0.0835. The first-order chi connectivity index (χ1) is 8.42. The maximum atomic E-state index is 11.0. The maximum Gasteiger partial charge on any atom is 0.325 e. The fourth-order valence-corrected chi connectivity index (χ4v) is 1.75. The van der Waals surface area contributed by atoms with Crippen LogP contribution in [0.1, 0.15) is 6.42 Å². The molecule has 0 spiro atoms. The lowest BCUT2D eigenvalue weighted by Crippen LogP contribution is -2.50. The number of hydrogen-bond donors (Lipinski definition) is 2. The van der Waals surface area contributed by atoms with E-state index in [1.807, 2.05) is 0 Å². The quantitative estimate of drug-likeness (QED) is 0.537. The van der Waals surface area contributed by atoms with Crippen LogP contribution < -0.4 is 10.6 Å². The molecule has 96 valence electrons. The van der Waals surface area contributed by atoms with Gasteiger partial charge in [0, 0.05) is 13.1 Å². The number of aliphatic carboxylic acids is 1. The number of nitrogens with two attached hydrogens (primary N) is 1. The number of nitro groups is 1. The summed E-state index contributed by atoms with van der Waals surface area (Å²) in [5, 5.41) is 19.4. The fraction of sp³-hybridized carbons (Fsp3) is 0.444. The van der Waals surface area contributed by atoms with Crippen LogP contribution in [0, 0.1) is 10.1 Å². The van der Waals surface area contributed by atoms with Crippen LogP contribution in [0.4, 0.5) is 11.6 Å². The minimum atomic E-state index is -1.31. The van der Waals surface area contributed by atoms with E-state index >= 15 is 0 Å². The molecular weight excluding hydrogens is 242 g/mol. The van der Waals surface area contributed by atoms with Crippen LogP contribution in [0.25, 0.3) is 0 Å². The molecule has 1 aromatic rings. The number of rotatable bonds is 3. The van der Waals surface area contributed by atoms with E-state index in [9.17, 15) is 14.9 Å². The molecule has 1 aliphatic rings. The summed E-state index contributed by atoms with van der Waals surface area (Å²) in [6, 6.07) is 0. The summed E-state index contributed by atoms with van der Waals surface area (Å²) in [5.74, 6) is -0.832. The molecule has 0 aromatic carbocycles. The van der Waals surface area contributed by atoms with E-state index < -0.39 is 16.4 Å². The number of carbonyl (C=O) groups is 1. The molecule has 9 heteroatoms. The van der Waals surface area contributed by atoms with E-state index in [0.29, 0.717) is 6.54 Å². The monoisotopic (exact) mass is 253 g/mol. The van der Waals surface area contributed by atoms with Gasteiger partial charge in [-0.2, -0.15) is 0 Å². The van der Waals surface area contributed by atoms with Crippen molar-refractivity contribution in [2.45, 2.75) is 12.0 Å². The molecule has 1 unspecified atom stereocenters. The zero-order valence-corrected chi connectivity index (χ0v) is 9.31. The van der Waals surface area contributed by atoms with Gasteiger partial charge in [-0.3, -0.25) is 14.9 Å². The summed E-state index contributed by atoms with van der Waals surface area (Å²) in [6.07, 6.45) is 2.45. The van der Waals surface area contributed by atoms with Crippen molar-refractivity contribution < 1.29 is 14.8 Å². The molecular formula is C9H11N5O4. The van der Waals surface area contributed by atoms with Crippen molar-refractivity contribution >= 4 is 17.6 Å². The van der Waals surface area contributed by atoms with E-state index in [-0.39, 0.29) is 24.6 Å². The first kappa shape index (κ1) is 12.2. The summed E-state index contributed by atoms with van der Waals surface area (Å²) < 4.78 is 0. The van der Waals surface area contributed by atoms with Gasteiger partial charge in [-0.15, -0.1) is 0 Å². The van der Waals surface area contributed by atoms with E-state index in [0.717, 1.165) is 12.4 Å². The van der Waals surface area contributed by atoms with Crippen molar-refractivity contribution in [3.8, 4) is 0 Å². The highest BCUT2D eigenvalue weighted by molar-refractivity contribution is 5.80. The SMILES string of the molecule is NC1(C(=O)O)CCN(c2ncc([N+](=O)[O-])cn2)C1. The van der Waals surface area contributed by atoms with Gasteiger partial charge in [-0.05, 0) is 6.42 Å². The number of hydrogen-bond acceptors (Lipinski definition) is 7. The van der Waals surface area contributed by atoms with Crippen molar-refractivity contribution in [3.63, 3.8) is 0 Å². The zero-order chi connectivity index (χ0) is 13.3. The maximum absolute atomic E-state index is 11.0. The number of aromatic nitrogens is 2. The van der Waals surface area contributed by atoms with E-state index in [2.05, 4.69) is 9.97 Å². The molecule has 3 N–H and O–H groups in total. The van der Waals surface area contributed by atoms with Gasteiger partial charge in [-0.1, -0.05) is 0 Å². The van der Waals surface area contributed by atoms with Crippen LogP contribution in [0.5, 0.6) is 0 Å². The van der Waals surface area contributed by atoms with Crippen LogP contribution in [0.3, 0.4) is 0 Å². The van der Waals surface area contributed by atoms with Crippen LogP contribution in [-0.4, -0.2) is 44.6 Å². The van der Waals surface area contributed by atoms with E-state index in [1.54, 1.807) is 4.90 Å². The Morgan fingerprint density at radius 1 is 1.56 bits per heavy atom. The third-order valence-corrected chi connectivity index (χ3v) is 2.85. The van der Waals surface area contributed by atoms with Crippen molar-refractivity contribution in [1.82, 2.24) is 9.97 Å². The average Bonchev–Trinajstić information content (AvgIpc) is 2.73. The van der Waals surface area contributed by atoms with Gasteiger partial charge in [0.1, 0.15) is 17.9 Å². The molecule has 2 rings (SSSR count). The normalized spacial score (nSPS) is 23.1. The molecule has 18 heavy (non-hydrogen) atoms. The second kappa shape index (κ2) is 4.18. The van der Waals surface area contributed by atoms with Gasteiger partial charge in [0.2, 0.25) is 5.95 Å². The summed E-state index contributed by atoms with van der Waals surface area (Å²) in [5.41, 5.74) is 4.18. The third-order valence-electron chi connectivity index (χ3n) is 2.85. The highest BCUT2D eigenvalue weighted by atomic mass is 16.6. The lowest BCUT2D eigenvalue weighted by Gasteiger charge is -2.19. The standard InChI is InChI=1S/C9H11N5O4/c10-9(7(15)16)1-2-13(5-9)8-11-3-6(4-12-8)14(17)18/h3-4H,1-2,5,10H2,(H,15,16). The Morgan fingerprint density at radius 2 is 2.17 bits per heavy atom. The van der Waals surface area contributed by atoms with Crippen molar-refractivity contribution in [3.05, 3.63) is 22.5 Å². The Morgan fingerprint density at radius 3 is 2.61 bits per heavy atom. The lowest BCUT2D eigenvalue weighted by molar-refractivity contribution is -0.385. The van der Waals surface area contributed by atoms with Crippen LogP contribution in [-0.2, 0) is 4.79 Å². The topological polar surface area (TPSA) is 135 Å². The largest absolute Gasteiger partial charge is 0.480 e. The second-order valence-corrected chi connectivity index (χ2v) is 4.13. The predicted octanol–water partition coefficient (Wildman–Crippen LogP) is -0.623. The van der Waals surface area contributed by atoms with Crippen molar-refractivity contribution in [1.29, 1.82) is 0 Å². The molecule has 2 heterocycles. The van der Waals surface area contributed by atoms with Gasteiger partial charge in [0.15, 0.2) is 0 Å². The molecule has 9 nitrogen and oxygen atoms in total. The molecule has 1 aromatic heterocycles. The molecule has 0 radical (unpaired) electrons. The first-order valence-electron chi connectivity index (χ1n) is 5.16. The minimum Gasteiger partial charge on any atom is -0.480 e. The Kier molecular flexibility index (Phi) is 2.83. The fourth-order valence-electron chi connectivity index (χ4n) is 1.75. The lowest BCUT2D eigenvalue weighted by atomic mass is 10.0. The number of nitrogens with zero attached hydrogens (tertiary/aromatic N) is 4. The van der Waals surface area contributed by atoms with Gasteiger partial charge < -0.3 is 15.7 Å². The van der Waals surface area contributed by atoms with E-state index in [1.165, 1.54) is 0 Å². The number of carboxylic acids is 1. The highest BCUT2D eigenvalue weighted by Gasteiger charge is 2.42. The summed E-state index contributed by atoms with van der Waals surface area (Å²) in [6.45, 7) is 0.487. The Labute approximate surface area is 101 Å². The van der Waals surface area contributed by atoms with Crippen molar-refractivity contribution in [2.24, 2.45) is 5.73 Å². The molecule has 0 amide bonds. The molecule has 1 fully saturated rings. The zero-order valence-electron chi connectivity index (χ0n) is 9.31. The van der Waals surface area contributed by atoms with Crippen molar-refractivity contribution in [2.75, 3.05) is 18.0 Å². The molecule has 0 bridgehead atoms. The van der Waals surface area contributed by atoms with E-state index in [4.69, 9.17) is 10.8 Å². The molecule has 1 saturated heterocycles. The van der Waals surface area contributed by atoms with Gasteiger partial charge in [0.25, 0.3) is 0 Å². The first-order valence-corrected chi connectivity index (χ1v) is 5.16. The Bertz CT molecular complexity index is 490. The van der Waals surface area contributed by atoms with Crippen LogP contribution in [0.15, 0.2) is 12.4 Å². The van der Waals surface area contributed by atoms with Crippen LogP contribution in [0.2, 0.25) is 0 Å². The smallest absolute Gasteiger partial charge is 0.325 e. The second-order valence-electron chi connectivity index (χ2n) is 4.13. The van der Waals surface area contributed by atoms with Gasteiger partial charge in [-0.25, -0.2) is 9.97 Å². The van der Waals surface area contributed by atoms with Gasteiger partial charge in [0.05, 0.1) is 4.92 Å². The molecule has 1 atom stereocenters. The number of anilines is 1. The molecule has 1 aliphatic heterocycles. The Hall–Kier alpha value is -2.29. The molecule has 0 aliphatic carbocycles. The third kappa shape index (κ3) is 2.07. The summed E-state index contributed by atoms with van der Waals surface area (Å²) in [4.78, 5) is 30.1. The highest BCUT2D eigenvalue weighted by Crippen LogP contribution is 2.23. The Balaban J connectivity index is 2.15.